The molecule has 0 aromatic heterocycles. The van der Waals surface area contributed by atoms with Crippen LogP contribution in [0.15, 0.2) is 28.8 Å². The average Bonchev–Trinajstić information content (AvgIpc) is 2.40. The van der Waals surface area contributed by atoms with E-state index in [-0.39, 0.29) is 0 Å². The second-order valence-corrected chi connectivity index (χ2v) is 5.87. The average molecular weight is 342 g/mol. The molecule has 20 heavy (non-hydrogen) atoms. The molecule has 0 spiro atoms. The van der Waals surface area contributed by atoms with Gasteiger partial charge >= 0.3 is 0 Å². The monoisotopic (exact) mass is 341 g/mol. The van der Waals surface area contributed by atoms with E-state index in [1.807, 2.05) is 25.1 Å². The van der Waals surface area contributed by atoms with E-state index in [9.17, 15) is 0 Å². The van der Waals surface area contributed by atoms with Crippen molar-refractivity contribution >= 4 is 15.9 Å². The van der Waals surface area contributed by atoms with E-state index in [1.54, 1.807) is 7.11 Å². The van der Waals surface area contributed by atoms with Gasteiger partial charge in [-0.2, -0.15) is 0 Å². The number of allylic oxidation sites excluding steroid dienone is 1. The van der Waals surface area contributed by atoms with Crippen LogP contribution >= 0.6 is 15.9 Å². The maximum Gasteiger partial charge on any atom is 0.175 e. The molecule has 4 heteroatoms. The van der Waals surface area contributed by atoms with Crippen molar-refractivity contribution in [2.24, 2.45) is 5.92 Å². The van der Waals surface area contributed by atoms with Crippen LogP contribution in [-0.2, 0) is 6.54 Å². The minimum absolute atomic E-state index is 0.538. The van der Waals surface area contributed by atoms with Crippen molar-refractivity contribution in [1.82, 2.24) is 5.32 Å². The summed E-state index contributed by atoms with van der Waals surface area (Å²) in [6.07, 6.45) is 3.93. The molecule has 0 radical (unpaired) electrons. The Balaban J connectivity index is 2.78. The Morgan fingerprint density at radius 1 is 1.35 bits per heavy atom. The molecule has 0 amide bonds. The smallest absolute Gasteiger partial charge is 0.175 e. The molecule has 0 aliphatic heterocycles. The van der Waals surface area contributed by atoms with Gasteiger partial charge in [-0.3, -0.25) is 0 Å². The molecular formula is C16H24BrNO2. The van der Waals surface area contributed by atoms with Crippen molar-refractivity contribution in [3.63, 3.8) is 0 Å². The number of hydrogen-bond donors (Lipinski definition) is 1. The molecule has 0 aliphatic rings. The lowest BCUT2D eigenvalue weighted by molar-refractivity contribution is 0.323. The molecule has 0 bridgehead atoms. The Morgan fingerprint density at radius 2 is 2.10 bits per heavy atom. The topological polar surface area (TPSA) is 30.5 Å². The molecule has 1 aromatic carbocycles. The van der Waals surface area contributed by atoms with Crippen LogP contribution in [0, 0.1) is 5.92 Å². The fourth-order valence-corrected chi connectivity index (χ4v) is 2.35. The lowest BCUT2D eigenvalue weighted by Gasteiger charge is -2.14. The summed E-state index contributed by atoms with van der Waals surface area (Å²) in [5.74, 6) is 2.15. The van der Waals surface area contributed by atoms with E-state index >= 15 is 0 Å². The highest BCUT2D eigenvalue weighted by molar-refractivity contribution is 9.10. The summed E-state index contributed by atoms with van der Waals surface area (Å²) in [6, 6.07) is 4.09. The van der Waals surface area contributed by atoms with Crippen molar-refractivity contribution in [3.05, 3.63) is 34.3 Å². The van der Waals surface area contributed by atoms with Crippen molar-refractivity contribution in [2.45, 2.75) is 27.3 Å². The zero-order valence-corrected chi connectivity index (χ0v) is 14.3. The standard InChI is InChI=1S/C16H24BrNO2/c1-5-6-7-20-16-14(17)8-13(9-15(16)19-4)11-18-10-12(2)3/h5-6,8-9,12,18H,7,10-11H2,1-4H3. The summed E-state index contributed by atoms with van der Waals surface area (Å²) >= 11 is 3.55. The molecule has 0 saturated heterocycles. The van der Waals surface area contributed by atoms with Gasteiger partial charge in [-0.1, -0.05) is 26.0 Å². The van der Waals surface area contributed by atoms with Gasteiger partial charge < -0.3 is 14.8 Å². The van der Waals surface area contributed by atoms with E-state index in [0.717, 1.165) is 29.1 Å². The number of hydrogen-bond acceptors (Lipinski definition) is 3. The van der Waals surface area contributed by atoms with Gasteiger partial charge in [0.1, 0.15) is 6.61 Å². The third-order valence-electron chi connectivity index (χ3n) is 2.73. The van der Waals surface area contributed by atoms with Crippen molar-refractivity contribution in [1.29, 1.82) is 0 Å². The molecule has 0 fully saturated rings. The van der Waals surface area contributed by atoms with Gasteiger partial charge in [0.05, 0.1) is 11.6 Å². The first-order chi connectivity index (χ1) is 9.58. The second kappa shape index (κ2) is 9.03. The fraction of sp³-hybridized carbons (Fsp3) is 0.500. The summed E-state index contributed by atoms with van der Waals surface area (Å²) in [5, 5.41) is 3.42. The maximum absolute atomic E-state index is 5.72. The fourth-order valence-electron chi connectivity index (χ4n) is 1.75. The summed E-state index contributed by atoms with van der Waals surface area (Å²) < 4.78 is 12.1. The third-order valence-corrected chi connectivity index (χ3v) is 3.32. The summed E-state index contributed by atoms with van der Waals surface area (Å²) in [7, 11) is 1.66. The van der Waals surface area contributed by atoms with Crippen LogP contribution in [0.1, 0.15) is 26.3 Å². The van der Waals surface area contributed by atoms with Crippen LogP contribution in [0.3, 0.4) is 0 Å². The highest BCUT2D eigenvalue weighted by atomic mass is 79.9. The number of ether oxygens (including phenoxy) is 2. The largest absolute Gasteiger partial charge is 0.493 e. The minimum atomic E-state index is 0.538. The molecule has 0 atom stereocenters. The molecule has 0 heterocycles. The van der Waals surface area contributed by atoms with Gasteiger partial charge in [-0.15, -0.1) is 0 Å². The van der Waals surface area contributed by atoms with Crippen molar-refractivity contribution < 1.29 is 9.47 Å². The predicted octanol–water partition coefficient (Wildman–Crippen LogP) is 4.16. The number of methoxy groups -OCH3 is 1. The Labute approximate surface area is 130 Å². The molecule has 1 aromatic rings. The van der Waals surface area contributed by atoms with E-state index < -0.39 is 0 Å². The first-order valence-electron chi connectivity index (χ1n) is 6.89. The lowest BCUT2D eigenvalue weighted by atomic mass is 10.2. The molecule has 0 unspecified atom stereocenters. The summed E-state index contributed by atoms with van der Waals surface area (Å²) in [5.41, 5.74) is 1.17. The minimum Gasteiger partial charge on any atom is -0.493 e. The van der Waals surface area contributed by atoms with E-state index in [1.165, 1.54) is 5.56 Å². The number of benzene rings is 1. The van der Waals surface area contributed by atoms with Crippen LogP contribution in [0.25, 0.3) is 0 Å². The molecule has 1 rings (SSSR count). The van der Waals surface area contributed by atoms with E-state index in [0.29, 0.717) is 12.5 Å². The zero-order chi connectivity index (χ0) is 15.0. The molecule has 112 valence electrons. The normalized spacial score (nSPS) is 11.3. The summed E-state index contributed by atoms with van der Waals surface area (Å²) in [6.45, 7) is 8.72. The van der Waals surface area contributed by atoms with Crippen LogP contribution in [0.2, 0.25) is 0 Å². The maximum atomic E-state index is 5.72. The Bertz CT molecular complexity index is 444. The van der Waals surface area contributed by atoms with Gasteiger partial charge in [0.15, 0.2) is 11.5 Å². The van der Waals surface area contributed by atoms with Crippen molar-refractivity contribution in [2.75, 3.05) is 20.3 Å². The first kappa shape index (κ1) is 17.1. The van der Waals surface area contributed by atoms with Crippen LogP contribution in [0.5, 0.6) is 11.5 Å². The molecule has 3 nitrogen and oxygen atoms in total. The van der Waals surface area contributed by atoms with Crippen molar-refractivity contribution in [3.8, 4) is 11.5 Å². The molecule has 0 saturated carbocycles. The lowest BCUT2D eigenvalue weighted by Crippen LogP contribution is -2.19. The molecule has 1 N–H and O–H groups in total. The molecule has 0 aliphatic carbocycles. The Kier molecular flexibility index (Phi) is 7.70. The van der Waals surface area contributed by atoms with Gasteiger partial charge in [-0.05, 0) is 53.0 Å². The highest BCUT2D eigenvalue weighted by Crippen LogP contribution is 2.36. The zero-order valence-electron chi connectivity index (χ0n) is 12.7. The number of nitrogens with one attached hydrogen (secondary N) is 1. The second-order valence-electron chi connectivity index (χ2n) is 5.01. The van der Waals surface area contributed by atoms with Crippen LogP contribution in [0.4, 0.5) is 0 Å². The van der Waals surface area contributed by atoms with Gasteiger partial charge in [0.2, 0.25) is 0 Å². The predicted molar refractivity (Wildman–Crippen MR) is 87.5 cm³/mol. The van der Waals surface area contributed by atoms with Gasteiger partial charge in [-0.25, -0.2) is 0 Å². The quantitative estimate of drug-likeness (QED) is 0.720. The summed E-state index contributed by atoms with van der Waals surface area (Å²) in [4.78, 5) is 0. The molecular weight excluding hydrogens is 318 g/mol. The van der Waals surface area contributed by atoms with Crippen LogP contribution in [-0.4, -0.2) is 20.3 Å². The van der Waals surface area contributed by atoms with Crippen LogP contribution < -0.4 is 14.8 Å². The first-order valence-corrected chi connectivity index (χ1v) is 7.68. The van der Waals surface area contributed by atoms with Gasteiger partial charge in [0, 0.05) is 6.54 Å². The third kappa shape index (κ3) is 5.55. The highest BCUT2D eigenvalue weighted by Gasteiger charge is 2.11. The van der Waals surface area contributed by atoms with Gasteiger partial charge in [0.25, 0.3) is 0 Å². The SMILES string of the molecule is CC=CCOc1c(Br)cc(CNCC(C)C)cc1OC. The number of rotatable bonds is 8. The van der Waals surface area contributed by atoms with E-state index in [4.69, 9.17) is 9.47 Å². The Hall–Kier alpha value is -1.00. The van der Waals surface area contributed by atoms with E-state index in [2.05, 4.69) is 41.2 Å². The Morgan fingerprint density at radius 3 is 2.70 bits per heavy atom. The number of halogens is 1.